The minimum absolute atomic E-state index is 0.0771. The van der Waals surface area contributed by atoms with Crippen molar-refractivity contribution in [3.05, 3.63) is 40.7 Å². The number of aromatic nitrogens is 2. The molecule has 1 amide bonds. The fourth-order valence-corrected chi connectivity index (χ4v) is 6.72. The van der Waals surface area contributed by atoms with E-state index >= 15 is 0 Å². The number of carbonyl (C=O) groups is 1. The molecule has 4 aliphatic carbocycles. The summed E-state index contributed by atoms with van der Waals surface area (Å²) >= 11 is 0. The summed E-state index contributed by atoms with van der Waals surface area (Å²) in [6, 6.07) is 7.69. The Kier molecular flexibility index (Phi) is 4.29. The summed E-state index contributed by atoms with van der Waals surface area (Å²) in [6.07, 6.45) is 9.89. The van der Waals surface area contributed by atoms with E-state index in [1.165, 1.54) is 44.7 Å². The highest BCUT2D eigenvalue weighted by atomic mass is 16.1. The van der Waals surface area contributed by atoms with Gasteiger partial charge in [0.1, 0.15) is 0 Å². The van der Waals surface area contributed by atoms with E-state index in [9.17, 15) is 9.59 Å². The monoisotopic (exact) mass is 379 g/mol. The summed E-state index contributed by atoms with van der Waals surface area (Å²) in [6.45, 7) is 2.71. The molecule has 28 heavy (non-hydrogen) atoms. The van der Waals surface area contributed by atoms with Crippen molar-refractivity contribution in [1.29, 1.82) is 0 Å². The average molecular weight is 380 g/mol. The Morgan fingerprint density at radius 2 is 1.82 bits per heavy atom. The van der Waals surface area contributed by atoms with Gasteiger partial charge in [-0.1, -0.05) is 12.1 Å². The molecule has 0 radical (unpaired) electrons. The predicted octanol–water partition coefficient (Wildman–Crippen LogP) is 3.51. The molecule has 1 heterocycles. The number of nitrogens with zero attached hydrogens (tertiary/aromatic N) is 2. The van der Waals surface area contributed by atoms with Gasteiger partial charge in [0, 0.05) is 17.8 Å². The number of para-hydroxylation sites is 1. The van der Waals surface area contributed by atoms with Crippen LogP contribution >= 0.6 is 0 Å². The summed E-state index contributed by atoms with van der Waals surface area (Å²) < 4.78 is 1.77. The number of aryl methyl sites for hydroxylation is 1. The second-order valence-electron chi connectivity index (χ2n) is 9.57. The SMILES string of the molecule is C[C@H](NC(=O)CCn1ncc(=O)c2ccccc21)C12CC3CC(CC(C3)C1)C2. The molecule has 1 N–H and O–H groups in total. The zero-order valence-corrected chi connectivity index (χ0v) is 16.6. The van der Waals surface area contributed by atoms with Gasteiger partial charge in [-0.3, -0.25) is 14.3 Å². The Bertz CT molecular complexity index is 928. The van der Waals surface area contributed by atoms with Crippen molar-refractivity contribution in [2.75, 3.05) is 0 Å². The third kappa shape index (κ3) is 3.05. The molecule has 6 rings (SSSR count). The van der Waals surface area contributed by atoms with Crippen molar-refractivity contribution in [3.63, 3.8) is 0 Å². The van der Waals surface area contributed by atoms with Crippen LogP contribution in [-0.4, -0.2) is 21.7 Å². The lowest BCUT2D eigenvalue weighted by atomic mass is 9.48. The molecule has 4 bridgehead atoms. The molecule has 2 aromatic rings. The number of amides is 1. The van der Waals surface area contributed by atoms with Gasteiger partial charge >= 0.3 is 0 Å². The zero-order chi connectivity index (χ0) is 19.3. The zero-order valence-electron chi connectivity index (χ0n) is 16.6. The van der Waals surface area contributed by atoms with E-state index in [1.54, 1.807) is 4.68 Å². The summed E-state index contributed by atoms with van der Waals surface area (Å²) in [7, 11) is 0. The Morgan fingerprint density at radius 1 is 1.18 bits per heavy atom. The lowest BCUT2D eigenvalue weighted by Gasteiger charge is -2.59. The highest BCUT2D eigenvalue weighted by molar-refractivity contribution is 5.79. The van der Waals surface area contributed by atoms with E-state index in [2.05, 4.69) is 17.3 Å². The largest absolute Gasteiger partial charge is 0.353 e. The van der Waals surface area contributed by atoms with Gasteiger partial charge in [-0.15, -0.1) is 0 Å². The lowest BCUT2D eigenvalue weighted by Crippen LogP contribution is -2.55. The summed E-state index contributed by atoms with van der Waals surface area (Å²) in [4.78, 5) is 24.7. The average Bonchev–Trinajstić information content (AvgIpc) is 2.67. The maximum Gasteiger partial charge on any atom is 0.222 e. The highest BCUT2D eigenvalue weighted by Crippen LogP contribution is 2.61. The number of hydrogen-bond acceptors (Lipinski definition) is 3. The standard InChI is InChI=1S/C23H29N3O2/c1-15(23-11-16-8-17(12-23)10-18(9-16)13-23)25-22(28)6-7-26-20-5-3-2-4-19(20)21(27)14-24-26/h2-5,14-18H,6-13H2,1H3,(H,25,28)/t15-,16?,17?,18?,23?/m0/s1. The molecule has 0 unspecified atom stereocenters. The molecule has 4 fully saturated rings. The fraction of sp³-hybridized carbons (Fsp3) is 0.609. The van der Waals surface area contributed by atoms with Gasteiger partial charge in [0.15, 0.2) is 0 Å². The van der Waals surface area contributed by atoms with Crippen LogP contribution in [0.1, 0.15) is 51.9 Å². The minimum atomic E-state index is -0.0771. The quantitative estimate of drug-likeness (QED) is 0.865. The fourth-order valence-electron chi connectivity index (χ4n) is 6.72. The number of carbonyl (C=O) groups excluding carboxylic acids is 1. The van der Waals surface area contributed by atoms with Crippen LogP contribution in [0.4, 0.5) is 0 Å². The summed E-state index contributed by atoms with van der Waals surface area (Å²) in [5, 5.41) is 8.21. The predicted molar refractivity (Wildman–Crippen MR) is 109 cm³/mol. The molecular formula is C23H29N3O2. The number of fused-ring (bicyclic) bond motifs is 1. The van der Waals surface area contributed by atoms with Crippen LogP contribution in [0.3, 0.4) is 0 Å². The summed E-state index contributed by atoms with van der Waals surface area (Å²) in [5.74, 6) is 2.76. The minimum Gasteiger partial charge on any atom is -0.353 e. The molecule has 4 saturated carbocycles. The van der Waals surface area contributed by atoms with Crippen LogP contribution in [0.5, 0.6) is 0 Å². The first-order chi connectivity index (χ1) is 13.5. The van der Waals surface area contributed by atoms with Gasteiger partial charge in [-0.25, -0.2) is 0 Å². The van der Waals surface area contributed by atoms with E-state index in [1.807, 2.05) is 24.3 Å². The number of hydrogen-bond donors (Lipinski definition) is 1. The first kappa shape index (κ1) is 17.9. The van der Waals surface area contributed by atoms with Crippen LogP contribution in [0.2, 0.25) is 0 Å². The number of nitrogens with one attached hydrogen (secondary N) is 1. The molecule has 0 saturated heterocycles. The van der Waals surface area contributed by atoms with Gasteiger partial charge in [0.25, 0.3) is 0 Å². The van der Waals surface area contributed by atoms with Crippen LogP contribution in [0, 0.1) is 23.2 Å². The summed E-state index contributed by atoms with van der Waals surface area (Å²) in [5.41, 5.74) is 1.04. The van der Waals surface area contributed by atoms with Gasteiger partial charge in [0.05, 0.1) is 18.3 Å². The smallest absolute Gasteiger partial charge is 0.222 e. The van der Waals surface area contributed by atoms with Gasteiger partial charge in [0.2, 0.25) is 11.3 Å². The Labute approximate surface area is 165 Å². The maximum absolute atomic E-state index is 12.7. The maximum atomic E-state index is 12.7. The molecule has 4 aliphatic rings. The molecule has 0 spiro atoms. The molecule has 1 atom stereocenters. The number of benzene rings is 1. The Morgan fingerprint density at radius 3 is 2.50 bits per heavy atom. The first-order valence-electron chi connectivity index (χ1n) is 10.8. The Balaban J connectivity index is 1.25. The molecule has 148 valence electrons. The lowest BCUT2D eigenvalue weighted by molar-refractivity contribution is -0.126. The van der Waals surface area contributed by atoms with E-state index in [-0.39, 0.29) is 17.4 Å². The van der Waals surface area contributed by atoms with Gasteiger partial charge < -0.3 is 5.32 Å². The molecule has 0 aliphatic heterocycles. The van der Waals surface area contributed by atoms with E-state index in [0.29, 0.717) is 23.8 Å². The topological polar surface area (TPSA) is 64.0 Å². The van der Waals surface area contributed by atoms with Crippen LogP contribution < -0.4 is 10.7 Å². The van der Waals surface area contributed by atoms with Crippen molar-refractivity contribution in [3.8, 4) is 0 Å². The van der Waals surface area contributed by atoms with Crippen LogP contribution in [0.15, 0.2) is 35.3 Å². The third-order valence-electron chi connectivity index (χ3n) is 7.69. The van der Waals surface area contributed by atoms with Crippen molar-refractivity contribution in [2.24, 2.45) is 23.2 Å². The second-order valence-corrected chi connectivity index (χ2v) is 9.57. The Hall–Kier alpha value is -2.17. The second kappa shape index (κ2) is 6.71. The third-order valence-corrected chi connectivity index (χ3v) is 7.69. The van der Waals surface area contributed by atoms with Crippen molar-refractivity contribution >= 4 is 16.8 Å². The van der Waals surface area contributed by atoms with Crippen molar-refractivity contribution < 1.29 is 4.79 Å². The van der Waals surface area contributed by atoms with Crippen molar-refractivity contribution in [1.82, 2.24) is 15.1 Å². The van der Waals surface area contributed by atoms with E-state index in [4.69, 9.17) is 0 Å². The van der Waals surface area contributed by atoms with Gasteiger partial charge in [-0.05, 0) is 80.8 Å². The van der Waals surface area contributed by atoms with E-state index < -0.39 is 0 Å². The molecule has 1 aromatic carbocycles. The normalized spacial score (nSPS) is 31.8. The van der Waals surface area contributed by atoms with Crippen LogP contribution in [0.25, 0.3) is 10.9 Å². The number of rotatable bonds is 5. The van der Waals surface area contributed by atoms with Gasteiger partial charge in [-0.2, -0.15) is 5.10 Å². The molecule has 1 aromatic heterocycles. The highest BCUT2D eigenvalue weighted by Gasteiger charge is 2.53. The van der Waals surface area contributed by atoms with Crippen molar-refractivity contribution in [2.45, 2.75) is 64.5 Å². The molecule has 5 heteroatoms. The first-order valence-corrected chi connectivity index (χ1v) is 10.8. The van der Waals surface area contributed by atoms with E-state index in [0.717, 1.165) is 23.3 Å². The molecule has 5 nitrogen and oxygen atoms in total. The van der Waals surface area contributed by atoms with Crippen LogP contribution in [-0.2, 0) is 11.3 Å². The molecular weight excluding hydrogens is 350 g/mol.